The van der Waals surface area contributed by atoms with E-state index in [2.05, 4.69) is 4.74 Å². The van der Waals surface area contributed by atoms with Gasteiger partial charge in [0, 0.05) is 13.0 Å². The fraction of sp³-hybridized carbons (Fsp3) is 0.364. The lowest BCUT2D eigenvalue weighted by atomic mass is 10.2. The third-order valence-electron chi connectivity index (χ3n) is 1.85. The molecule has 0 aliphatic heterocycles. The van der Waals surface area contributed by atoms with Gasteiger partial charge in [0.1, 0.15) is 11.3 Å². The molecule has 0 aliphatic carbocycles. The van der Waals surface area contributed by atoms with Crippen molar-refractivity contribution in [3.63, 3.8) is 0 Å². The maximum atomic E-state index is 11.3. The van der Waals surface area contributed by atoms with Gasteiger partial charge in [-0.05, 0) is 12.1 Å². The SMILES string of the molecule is COC(=O)c1ccccc1OCCCO. The van der Waals surface area contributed by atoms with E-state index in [0.717, 1.165) is 0 Å². The van der Waals surface area contributed by atoms with Crippen LogP contribution in [0, 0.1) is 0 Å². The van der Waals surface area contributed by atoms with Crippen molar-refractivity contribution >= 4 is 5.97 Å². The number of ether oxygens (including phenoxy) is 2. The van der Waals surface area contributed by atoms with Crippen LogP contribution in [-0.2, 0) is 4.74 Å². The fourth-order valence-electron chi connectivity index (χ4n) is 1.12. The van der Waals surface area contributed by atoms with Gasteiger partial charge in [-0.2, -0.15) is 0 Å². The third-order valence-corrected chi connectivity index (χ3v) is 1.85. The van der Waals surface area contributed by atoms with E-state index in [1.54, 1.807) is 24.3 Å². The smallest absolute Gasteiger partial charge is 0.341 e. The van der Waals surface area contributed by atoms with Crippen molar-refractivity contribution in [2.75, 3.05) is 20.3 Å². The summed E-state index contributed by atoms with van der Waals surface area (Å²) in [5, 5.41) is 8.60. The minimum atomic E-state index is -0.422. The summed E-state index contributed by atoms with van der Waals surface area (Å²) in [5.74, 6) is 0.0624. The summed E-state index contributed by atoms with van der Waals surface area (Å²) in [7, 11) is 1.33. The summed E-state index contributed by atoms with van der Waals surface area (Å²) in [6.45, 7) is 0.449. The summed E-state index contributed by atoms with van der Waals surface area (Å²) in [5.41, 5.74) is 0.401. The number of carbonyl (C=O) groups excluding carboxylic acids is 1. The molecule has 15 heavy (non-hydrogen) atoms. The van der Waals surface area contributed by atoms with Crippen LogP contribution in [0.15, 0.2) is 24.3 Å². The molecule has 0 radical (unpaired) electrons. The molecule has 0 amide bonds. The van der Waals surface area contributed by atoms with E-state index in [-0.39, 0.29) is 6.61 Å². The van der Waals surface area contributed by atoms with Gasteiger partial charge < -0.3 is 14.6 Å². The lowest BCUT2D eigenvalue weighted by Crippen LogP contribution is -2.07. The summed E-state index contributed by atoms with van der Waals surface area (Å²) in [4.78, 5) is 11.3. The molecule has 4 nitrogen and oxygen atoms in total. The molecule has 0 saturated heterocycles. The number of carbonyl (C=O) groups is 1. The number of benzene rings is 1. The predicted molar refractivity (Wildman–Crippen MR) is 55.0 cm³/mol. The lowest BCUT2D eigenvalue weighted by molar-refractivity contribution is 0.0596. The second-order valence-electron chi connectivity index (χ2n) is 2.91. The second-order valence-corrected chi connectivity index (χ2v) is 2.91. The standard InChI is InChI=1S/C11H14O4/c1-14-11(13)9-5-2-3-6-10(9)15-8-4-7-12/h2-3,5-6,12H,4,7-8H2,1H3. The van der Waals surface area contributed by atoms with Crippen LogP contribution in [0.5, 0.6) is 5.75 Å². The molecule has 0 saturated carbocycles. The molecule has 0 heterocycles. The first kappa shape index (κ1) is 11.5. The van der Waals surface area contributed by atoms with E-state index in [4.69, 9.17) is 9.84 Å². The Hall–Kier alpha value is -1.55. The Balaban J connectivity index is 2.73. The van der Waals surface area contributed by atoms with Crippen LogP contribution in [0.4, 0.5) is 0 Å². The molecule has 0 aliphatic rings. The van der Waals surface area contributed by atoms with Crippen molar-refractivity contribution in [1.29, 1.82) is 0 Å². The Morgan fingerprint density at radius 3 is 2.80 bits per heavy atom. The number of hydrogen-bond donors (Lipinski definition) is 1. The fourth-order valence-corrected chi connectivity index (χ4v) is 1.12. The van der Waals surface area contributed by atoms with Crippen LogP contribution < -0.4 is 4.74 Å². The van der Waals surface area contributed by atoms with Gasteiger partial charge in [-0.3, -0.25) is 0 Å². The van der Waals surface area contributed by atoms with Gasteiger partial charge in [0.15, 0.2) is 0 Å². The molecule has 1 aromatic carbocycles. The molecule has 1 N–H and O–H groups in total. The summed E-state index contributed by atoms with van der Waals surface area (Å²) >= 11 is 0. The molecule has 1 aromatic rings. The Morgan fingerprint density at radius 2 is 2.13 bits per heavy atom. The largest absolute Gasteiger partial charge is 0.493 e. The zero-order valence-corrected chi connectivity index (χ0v) is 8.60. The zero-order chi connectivity index (χ0) is 11.1. The number of aliphatic hydroxyl groups excluding tert-OH is 1. The van der Waals surface area contributed by atoms with Gasteiger partial charge in [0.2, 0.25) is 0 Å². The van der Waals surface area contributed by atoms with Crippen molar-refractivity contribution in [1.82, 2.24) is 0 Å². The van der Waals surface area contributed by atoms with Crippen LogP contribution in [-0.4, -0.2) is 31.4 Å². The highest BCUT2D eigenvalue weighted by Gasteiger charge is 2.11. The highest BCUT2D eigenvalue weighted by atomic mass is 16.5. The first-order valence-corrected chi connectivity index (χ1v) is 4.70. The second kappa shape index (κ2) is 6.03. The number of aliphatic hydroxyl groups is 1. The minimum Gasteiger partial charge on any atom is -0.493 e. The van der Waals surface area contributed by atoms with E-state index in [9.17, 15) is 4.79 Å². The van der Waals surface area contributed by atoms with Crippen molar-refractivity contribution in [2.24, 2.45) is 0 Å². The molecule has 0 atom stereocenters. The van der Waals surface area contributed by atoms with Gasteiger partial charge in [0.25, 0.3) is 0 Å². The molecule has 0 fully saturated rings. The summed E-state index contributed by atoms with van der Waals surface area (Å²) in [6, 6.07) is 6.86. The molecule has 0 unspecified atom stereocenters. The first-order valence-electron chi connectivity index (χ1n) is 4.70. The number of hydrogen-bond acceptors (Lipinski definition) is 4. The summed E-state index contributed by atoms with van der Waals surface area (Å²) < 4.78 is 9.95. The van der Waals surface area contributed by atoms with E-state index < -0.39 is 5.97 Å². The van der Waals surface area contributed by atoms with Crippen LogP contribution in [0.2, 0.25) is 0 Å². The van der Waals surface area contributed by atoms with E-state index in [0.29, 0.717) is 24.3 Å². The highest BCUT2D eigenvalue weighted by Crippen LogP contribution is 2.18. The number of rotatable bonds is 5. The molecule has 4 heteroatoms. The van der Waals surface area contributed by atoms with Gasteiger partial charge in [-0.1, -0.05) is 12.1 Å². The molecule has 82 valence electrons. The monoisotopic (exact) mass is 210 g/mol. The van der Waals surface area contributed by atoms with Crippen LogP contribution in [0.25, 0.3) is 0 Å². The third kappa shape index (κ3) is 3.25. The predicted octanol–water partition coefficient (Wildman–Crippen LogP) is 1.23. The van der Waals surface area contributed by atoms with Crippen LogP contribution in [0.3, 0.4) is 0 Å². The zero-order valence-electron chi connectivity index (χ0n) is 8.60. The maximum Gasteiger partial charge on any atom is 0.341 e. The van der Waals surface area contributed by atoms with Gasteiger partial charge in [0.05, 0.1) is 13.7 Å². The minimum absolute atomic E-state index is 0.0698. The van der Waals surface area contributed by atoms with Crippen molar-refractivity contribution in [2.45, 2.75) is 6.42 Å². The topological polar surface area (TPSA) is 55.8 Å². The van der Waals surface area contributed by atoms with Gasteiger partial charge in [-0.25, -0.2) is 4.79 Å². The lowest BCUT2D eigenvalue weighted by Gasteiger charge is -2.08. The van der Waals surface area contributed by atoms with E-state index in [1.165, 1.54) is 7.11 Å². The van der Waals surface area contributed by atoms with Crippen molar-refractivity contribution < 1.29 is 19.4 Å². The Kier molecular flexibility index (Phi) is 4.63. The molecular formula is C11H14O4. The first-order chi connectivity index (χ1) is 7.29. The number of methoxy groups -OCH3 is 1. The van der Waals surface area contributed by atoms with E-state index in [1.807, 2.05) is 0 Å². The van der Waals surface area contributed by atoms with Crippen molar-refractivity contribution in [3.05, 3.63) is 29.8 Å². The normalized spacial score (nSPS) is 9.73. The summed E-state index contributed by atoms with van der Waals surface area (Å²) in [6.07, 6.45) is 0.537. The molecular weight excluding hydrogens is 196 g/mol. The Bertz CT molecular complexity index is 322. The van der Waals surface area contributed by atoms with Crippen molar-refractivity contribution in [3.8, 4) is 5.75 Å². The van der Waals surface area contributed by atoms with Gasteiger partial charge >= 0.3 is 5.97 Å². The Morgan fingerprint density at radius 1 is 1.40 bits per heavy atom. The molecule has 0 spiro atoms. The van der Waals surface area contributed by atoms with Crippen LogP contribution in [0.1, 0.15) is 16.8 Å². The molecule has 0 aromatic heterocycles. The average molecular weight is 210 g/mol. The molecule has 0 bridgehead atoms. The van der Waals surface area contributed by atoms with Crippen LogP contribution >= 0.6 is 0 Å². The number of esters is 1. The quantitative estimate of drug-likeness (QED) is 0.586. The highest BCUT2D eigenvalue weighted by molar-refractivity contribution is 5.92. The average Bonchev–Trinajstić information content (AvgIpc) is 2.29. The van der Waals surface area contributed by atoms with Gasteiger partial charge in [-0.15, -0.1) is 0 Å². The van der Waals surface area contributed by atoms with E-state index >= 15 is 0 Å². The molecule has 1 rings (SSSR count). The Labute approximate surface area is 88.4 Å². The number of para-hydroxylation sites is 1. The maximum absolute atomic E-state index is 11.3.